The second kappa shape index (κ2) is 6.70. The predicted octanol–water partition coefficient (Wildman–Crippen LogP) is 4.11. The van der Waals surface area contributed by atoms with E-state index in [9.17, 15) is 5.11 Å². The molecular formula is C15H24O. The molecule has 0 bridgehead atoms. The van der Waals surface area contributed by atoms with Crippen LogP contribution in [-0.2, 0) is 6.42 Å². The molecule has 0 fully saturated rings. The van der Waals surface area contributed by atoms with Crippen molar-refractivity contribution in [3.63, 3.8) is 0 Å². The van der Waals surface area contributed by atoms with Crippen molar-refractivity contribution in [1.82, 2.24) is 0 Å². The summed E-state index contributed by atoms with van der Waals surface area (Å²) in [4.78, 5) is 0. The summed E-state index contributed by atoms with van der Waals surface area (Å²) in [6, 6.07) is 8.37. The Balaban J connectivity index is 2.60. The van der Waals surface area contributed by atoms with Gasteiger partial charge in [-0.3, -0.25) is 0 Å². The minimum Gasteiger partial charge on any atom is -0.388 e. The minimum absolute atomic E-state index is 0.292. The summed E-state index contributed by atoms with van der Waals surface area (Å²) in [5.74, 6) is 0.661. The maximum absolute atomic E-state index is 10.1. The monoisotopic (exact) mass is 220 g/mol. The molecule has 90 valence electrons. The van der Waals surface area contributed by atoms with Crippen LogP contribution in [0.3, 0.4) is 0 Å². The Labute approximate surface area is 99.5 Å². The van der Waals surface area contributed by atoms with E-state index in [0.29, 0.717) is 5.92 Å². The SMILES string of the molecule is CCCc1cccc(C(O)CCC(C)C)c1. The van der Waals surface area contributed by atoms with Crippen LogP contribution < -0.4 is 0 Å². The summed E-state index contributed by atoms with van der Waals surface area (Å²) < 4.78 is 0. The van der Waals surface area contributed by atoms with Crippen LogP contribution in [0.5, 0.6) is 0 Å². The molecule has 0 aliphatic rings. The smallest absolute Gasteiger partial charge is 0.0790 e. The Hall–Kier alpha value is -0.820. The van der Waals surface area contributed by atoms with Gasteiger partial charge in [0.05, 0.1) is 6.10 Å². The van der Waals surface area contributed by atoms with Crippen molar-refractivity contribution in [3.05, 3.63) is 35.4 Å². The number of aryl methyl sites for hydroxylation is 1. The van der Waals surface area contributed by atoms with E-state index in [1.807, 2.05) is 6.07 Å². The molecule has 0 aromatic heterocycles. The van der Waals surface area contributed by atoms with Crippen LogP contribution in [0.15, 0.2) is 24.3 Å². The summed E-state index contributed by atoms with van der Waals surface area (Å²) in [6.45, 7) is 6.57. The first-order chi connectivity index (χ1) is 7.63. The van der Waals surface area contributed by atoms with Gasteiger partial charge in [-0.25, -0.2) is 0 Å². The highest BCUT2D eigenvalue weighted by molar-refractivity contribution is 5.25. The van der Waals surface area contributed by atoms with Gasteiger partial charge in [-0.2, -0.15) is 0 Å². The fraction of sp³-hybridized carbons (Fsp3) is 0.600. The van der Waals surface area contributed by atoms with E-state index in [4.69, 9.17) is 0 Å². The van der Waals surface area contributed by atoms with Crippen LogP contribution >= 0.6 is 0 Å². The average Bonchev–Trinajstić information content (AvgIpc) is 2.26. The topological polar surface area (TPSA) is 20.2 Å². The molecule has 0 radical (unpaired) electrons. The standard InChI is InChI=1S/C15H24O/c1-4-6-13-7-5-8-14(11-13)15(16)10-9-12(2)3/h5,7-8,11-12,15-16H,4,6,9-10H2,1-3H3. The Morgan fingerprint density at radius 1 is 1.19 bits per heavy atom. The van der Waals surface area contributed by atoms with Crippen molar-refractivity contribution in [2.45, 2.75) is 52.6 Å². The number of hydrogen-bond acceptors (Lipinski definition) is 1. The van der Waals surface area contributed by atoms with Crippen molar-refractivity contribution in [2.24, 2.45) is 5.92 Å². The fourth-order valence-electron chi connectivity index (χ4n) is 1.90. The third kappa shape index (κ3) is 4.36. The van der Waals surface area contributed by atoms with E-state index in [1.165, 1.54) is 5.56 Å². The molecule has 1 atom stereocenters. The largest absolute Gasteiger partial charge is 0.388 e. The van der Waals surface area contributed by atoms with Gasteiger partial charge < -0.3 is 5.11 Å². The molecule has 1 aromatic rings. The van der Waals surface area contributed by atoms with E-state index in [0.717, 1.165) is 31.2 Å². The molecule has 16 heavy (non-hydrogen) atoms. The molecule has 1 heteroatoms. The average molecular weight is 220 g/mol. The zero-order valence-electron chi connectivity index (χ0n) is 10.7. The van der Waals surface area contributed by atoms with Crippen LogP contribution in [0.25, 0.3) is 0 Å². The molecule has 0 saturated carbocycles. The summed E-state index contributed by atoms with van der Waals surface area (Å²) in [6.07, 6.45) is 3.92. The van der Waals surface area contributed by atoms with Gasteiger partial charge in [0, 0.05) is 0 Å². The molecule has 0 amide bonds. The molecule has 0 saturated heterocycles. The highest BCUT2D eigenvalue weighted by Gasteiger charge is 2.08. The van der Waals surface area contributed by atoms with E-state index in [1.54, 1.807) is 0 Å². The fourth-order valence-corrected chi connectivity index (χ4v) is 1.90. The van der Waals surface area contributed by atoms with E-state index in [2.05, 4.69) is 39.0 Å². The molecule has 0 aliphatic carbocycles. The third-order valence-electron chi connectivity index (χ3n) is 2.89. The van der Waals surface area contributed by atoms with E-state index >= 15 is 0 Å². The first kappa shape index (κ1) is 13.2. The molecule has 1 unspecified atom stereocenters. The Kier molecular flexibility index (Phi) is 5.54. The lowest BCUT2D eigenvalue weighted by Gasteiger charge is -2.13. The van der Waals surface area contributed by atoms with Crippen molar-refractivity contribution < 1.29 is 5.11 Å². The molecule has 0 aliphatic heterocycles. The van der Waals surface area contributed by atoms with Crippen molar-refractivity contribution >= 4 is 0 Å². The van der Waals surface area contributed by atoms with Gasteiger partial charge in [-0.15, -0.1) is 0 Å². The number of aliphatic hydroxyl groups excluding tert-OH is 1. The van der Waals surface area contributed by atoms with Gasteiger partial charge in [0.1, 0.15) is 0 Å². The van der Waals surface area contributed by atoms with Gasteiger partial charge >= 0.3 is 0 Å². The first-order valence-corrected chi connectivity index (χ1v) is 6.40. The van der Waals surface area contributed by atoms with Crippen molar-refractivity contribution in [3.8, 4) is 0 Å². The summed E-state index contributed by atoms with van der Waals surface area (Å²) in [7, 11) is 0. The Morgan fingerprint density at radius 3 is 2.56 bits per heavy atom. The van der Waals surface area contributed by atoms with Crippen molar-refractivity contribution in [2.75, 3.05) is 0 Å². The van der Waals surface area contributed by atoms with Gasteiger partial charge in [0.15, 0.2) is 0 Å². The number of rotatable bonds is 6. The number of benzene rings is 1. The normalized spacial score (nSPS) is 13.1. The molecule has 1 nitrogen and oxygen atoms in total. The second-order valence-corrected chi connectivity index (χ2v) is 4.98. The quantitative estimate of drug-likeness (QED) is 0.765. The summed E-state index contributed by atoms with van der Waals surface area (Å²) >= 11 is 0. The molecule has 0 spiro atoms. The van der Waals surface area contributed by atoms with E-state index < -0.39 is 0 Å². The van der Waals surface area contributed by atoms with Crippen LogP contribution in [-0.4, -0.2) is 5.11 Å². The summed E-state index contributed by atoms with van der Waals surface area (Å²) in [5.41, 5.74) is 2.41. The van der Waals surface area contributed by atoms with Crippen LogP contribution in [0.1, 0.15) is 57.3 Å². The predicted molar refractivity (Wildman–Crippen MR) is 69.5 cm³/mol. The molecule has 1 rings (SSSR count). The summed E-state index contributed by atoms with van der Waals surface area (Å²) in [5, 5.41) is 10.1. The van der Waals surface area contributed by atoms with Crippen molar-refractivity contribution in [1.29, 1.82) is 0 Å². The molecular weight excluding hydrogens is 196 g/mol. The highest BCUT2D eigenvalue weighted by atomic mass is 16.3. The molecule has 1 aromatic carbocycles. The third-order valence-corrected chi connectivity index (χ3v) is 2.89. The highest BCUT2D eigenvalue weighted by Crippen LogP contribution is 2.21. The van der Waals surface area contributed by atoms with Gasteiger partial charge in [0.25, 0.3) is 0 Å². The molecule has 0 heterocycles. The zero-order chi connectivity index (χ0) is 12.0. The Bertz CT molecular complexity index is 304. The number of hydrogen-bond donors (Lipinski definition) is 1. The maximum Gasteiger partial charge on any atom is 0.0790 e. The zero-order valence-corrected chi connectivity index (χ0v) is 10.7. The lowest BCUT2D eigenvalue weighted by Crippen LogP contribution is -2.00. The van der Waals surface area contributed by atoms with E-state index in [-0.39, 0.29) is 6.10 Å². The van der Waals surface area contributed by atoms with Crippen LogP contribution in [0.4, 0.5) is 0 Å². The number of aliphatic hydroxyl groups is 1. The van der Waals surface area contributed by atoms with Crippen LogP contribution in [0.2, 0.25) is 0 Å². The second-order valence-electron chi connectivity index (χ2n) is 4.98. The maximum atomic E-state index is 10.1. The van der Waals surface area contributed by atoms with Gasteiger partial charge in [-0.1, -0.05) is 51.5 Å². The minimum atomic E-state index is -0.292. The first-order valence-electron chi connectivity index (χ1n) is 6.40. The lowest BCUT2D eigenvalue weighted by molar-refractivity contribution is 0.159. The Morgan fingerprint density at radius 2 is 1.94 bits per heavy atom. The molecule has 1 N–H and O–H groups in total. The van der Waals surface area contributed by atoms with Gasteiger partial charge in [-0.05, 0) is 36.3 Å². The van der Waals surface area contributed by atoms with Crippen LogP contribution in [0, 0.1) is 5.92 Å². The van der Waals surface area contributed by atoms with Gasteiger partial charge in [0.2, 0.25) is 0 Å². The lowest BCUT2D eigenvalue weighted by atomic mass is 9.98.